The molecule has 0 atom stereocenters. The van der Waals surface area contributed by atoms with Crippen molar-refractivity contribution in [1.29, 1.82) is 0 Å². The van der Waals surface area contributed by atoms with E-state index in [9.17, 15) is 9.18 Å². The quantitative estimate of drug-likeness (QED) is 0.718. The van der Waals surface area contributed by atoms with Crippen LogP contribution in [-0.4, -0.2) is 5.78 Å². The molecule has 0 bridgehead atoms. The summed E-state index contributed by atoms with van der Waals surface area (Å²) in [5, 5.41) is 0.0483. The molecule has 0 aliphatic carbocycles. The van der Waals surface area contributed by atoms with Gasteiger partial charge in [-0.1, -0.05) is 39.7 Å². The standard InChI is InChI=1S/C15H11BrClFO2/c1-9(19)12-6-5-11(16)7-14(12)20-8-10-3-2-4-13(17)15(10)18/h2-7H,8H2,1H3. The lowest BCUT2D eigenvalue weighted by molar-refractivity contribution is 0.101. The Labute approximate surface area is 129 Å². The van der Waals surface area contributed by atoms with Crippen molar-refractivity contribution >= 4 is 33.3 Å². The summed E-state index contributed by atoms with van der Waals surface area (Å²) >= 11 is 9.02. The van der Waals surface area contributed by atoms with Gasteiger partial charge >= 0.3 is 0 Å². The zero-order valence-electron chi connectivity index (χ0n) is 10.6. The summed E-state index contributed by atoms with van der Waals surface area (Å²) in [5.74, 6) is -0.209. The van der Waals surface area contributed by atoms with E-state index in [4.69, 9.17) is 16.3 Å². The van der Waals surface area contributed by atoms with E-state index >= 15 is 0 Å². The smallest absolute Gasteiger partial charge is 0.163 e. The Morgan fingerprint density at radius 1 is 1.35 bits per heavy atom. The molecule has 2 aromatic rings. The topological polar surface area (TPSA) is 26.3 Å². The molecule has 20 heavy (non-hydrogen) atoms. The van der Waals surface area contributed by atoms with E-state index < -0.39 is 5.82 Å². The molecule has 0 unspecified atom stereocenters. The first kappa shape index (κ1) is 15.0. The van der Waals surface area contributed by atoms with E-state index in [1.54, 1.807) is 30.3 Å². The van der Waals surface area contributed by atoms with Crippen molar-refractivity contribution < 1.29 is 13.9 Å². The van der Waals surface area contributed by atoms with E-state index in [2.05, 4.69) is 15.9 Å². The maximum Gasteiger partial charge on any atom is 0.163 e. The summed E-state index contributed by atoms with van der Waals surface area (Å²) in [6.07, 6.45) is 0. The van der Waals surface area contributed by atoms with Crippen LogP contribution in [-0.2, 0) is 6.61 Å². The number of carbonyl (C=O) groups is 1. The lowest BCUT2D eigenvalue weighted by Gasteiger charge is -2.11. The van der Waals surface area contributed by atoms with E-state index in [0.29, 0.717) is 16.9 Å². The van der Waals surface area contributed by atoms with Crippen LogP contribution in [0.2, 0.25) is 5.02 Å². The molecule has 0 amide bonds. The molecule has 0 spiro atoms. The molecule has 0 aliphatic rings. The predicted molar refractivity (Wildman–Crippen MR) is 79.9 cm³/mol. The highest BCUT2D eigenvalue weighted by Gasteiger charge is 2.11. The minimum absolute atomic E-state index is 0.00310. The molecule has 2 aromatic carbocycles. The Balaban J connectivity index is 2.24. The van der Waals surface area contributed by atoms with Gasteiger partial charge in [0.05, 0.1) is 10.6 Å². The van der Waals surface area contributed by atoms with Crippen molar-refractivity contribution in [3.8, 4) is 5.75 Å². The van der Waals surface area contributed by atoms with Crippen molar-refractivity contribution in [1.82, 2.24) is 0 Å². The van der Waals surface area contributed by atoms with Crippen LogP contribution in [0, 0.1) is 5.82 Å². The monoisotopic (exact) mass is 356 g/mol. The number of Topliss-reactive ketones (excluding diaryl/α,β-unsaturated/α-hetero) is 1. The summed E-state index contributed by atoms with van der Waals surface area (Å²) < 4.78 is 20.1. The third kappa shape index (κ3) is 3.38. The second kappa shape index (κ2) is 6.37. The largest absolute Gasteiger partial charge is 0.488 e. The number of benzene rings is 2. The third-order valence-electron chi connectivity index (χ3n) is 2.74. The highest BCUT2D eigenvalue weighted by molar-refractivity contribution is 9.10. The zero-order chi connectivity index (χ0) is 14.7. The molecule has 0 N–H and O–H groups in total. The Hall–Kier alpha value is -1.39. The fourth-order valence-electron chi connectivity index (χ4n) is 1.72. The average Bonchev–Trinajstić information content (AvgIpc) is 2.40. The molecule has 0 fully saturated rings. The van der Waals surface area contributed by atoms with Crippen LogP contribution in [0.4, 0.5) is 4.39 Å². The molecule has 2 nitrogen and oxygen atoms in total. The molecular weight excluding hydrogens is 347 g/mol. The highest BCUT2D eigenvalue weighted by atomic mass is 79.9. The summed E-state index contributed by atoms with van der Waals surface area (Å²) in [5.41, 5.74) is 0.794. The van der Waals surface area contributed by atoms with Crippen LogP contribution in [0.3, 0.4) is 0 Å². The molecule has 0 aromatic heterocycles. The Morgan fingerprint density at radius 3 is 2.80 bits per heavy atom. The van der Waals surface area contributed by atoms with Gasteiger partial charge in [0.25, 0.3) is 0 Å². The Bertz CT molecular complexity index is 658. The van der Waals surface area contributed by atoms with Crippen molar-refractivity contribution in [3.63, 3.8) is 0 Å². The fraction of sp³-hybridized carbons (Fsp3) is 0.133. The molecular formula is C15H11BrClFO2. The first-order valence-electron chi connectivity index (χ1n) is 5.85. The van der Waals surface area contributed by atoms with Gasteiger partial charge in [-0.05, 0) is 31.2 Å². The minimum atomic E-state index is -0.506. The van der Waals surface area contributed by atoms with E-state index in [1.165, 1.54) is 13.0 Å². The van der Waals surface area contributed by atoms with Crippen molar-refractivity contribution in [2.24, 2.45) is 0 Å². The normalized spacial score (nSPS) is 10.4. The number of hydrogen-bond acceptors (Lipinski definition) is 2. The number of ether oxygens (including phenoxy) is 1. The number of carbonyl (C=O) groups excluding carboxylic acids is 1. The number of hydrogen-bond donors (Lipinski definition) is 0. The van der Waals surface area contributed by atoms with Crippen LogP contribution in [0.5, 0.6) is 5.75 Å². The van der Waals surface area contributed by atoms with Gasteiger partial charge in [0.2, 0.25) is 0 Å². The van der Waals surface area contributed by atoms with Gasteiger partial charge in [-0.25, -0.2) is 4.39 Å². The van der Waals surface area contributed by atoms with Crippen LogP contribution in [0.1, 0.15) is 22.8 Å². The van der Waals surface area contributed by atoms with Crippen molar-refractivity contribution in [3.05, 3.63) is 62.8 Å². The average molecular weight is 358 g/mol. The number of ketones is 1. The van der Waals surface area contributed by atoms with Gasteiger partial charge < -0.3 is 4.74 Å². The predicted octanol–water partition coefficient (Wildman–Crippen LogP) is 5.02. The first-order valence-corrected chi connectivity index (χ1v) is 7.02. The molecule has 0 heterocycles. The fourth-order valence-corrected chi connectivity index (χ4v) is 2.26. The second-order valence-electron chi connectivity index (χ2n) is 4.20. The summed E-state index contributed by atoms with van der Waals surface area (Å²) in [6, 6.07) is 9.81. The lowest BCUT2D eigenvalue weighted by Crippen LogP contribution is -2.03. The van der Waals surface area contributed by atoms with Crippen molar-refractivity contribution in [2.75, 3.05) is 0 Å². The minimum Gasteiger partial charge on any atom is -0.488 e. The third-order valence-corrected chi connectivity index (χ3v) is 3.52. The van der Waals surface area contributed by atoms with E-state index in [1.807, 2.05) is 0 Å². The first-order chi connectivity index (χ1) is 9.49. The lowest BCUT2D eigenvalue weighted by atomic mass is 10.1. The molecule has 104 valence electrons. The Morgan fingerprint density at radius 2 is 2.10 bits per heavy atom. The summed E-state index contributed by atoms with van der Waals surface area (Å²) in [4.78, 5) is 11.5. The second-order valence-corrected chi connectivity index (χ2v) is 5.52. The van der Waals surface area contributed by atoms with E-state index in [-0.39, 0.29) is 17.4 Å². The molecule has 0 radical (unpaired) electrons. The maximum atomic E-state index is 13.8. The van der Waals surface area contributed by atoms with Gasteiger partial charge in [0.1, 0.15) is 18.2 Å². The van der Waals surface area contributed by atoms with Crippen LogP contribution < -0.4 is 4.74 Å². The van der Waals surface area contributed by atoms with Gasteiger partial charge in [0, 0.05) is 10.0 Å². The molecule has 0 aliphatic heterocycles. The highest BCUT2D eigenvalue weighted by Crippen LogP contribution is 2.26. The van der Waals surface area contributed by atoms with Gasteiger partial charge in [-0.2, -0.15) is 0 Å². The zero-order valence-corrected chi connectivity index (χ0v) is 13.0. The van der Waals surface area contributed by atoms with Crippen LogP contribution >= 0.6 is 27.5 Å². The molecule has 2 rings (SSSR count). The van der Waals surface area contributed by atoms with Crippen molar-refractivity contribution in [2.45, 2.75) is 13.5 Å². The van der Waals surface area contributed by atoms with Crippen LogP contribution in [0.25, 0.3) is 0 Å². The van der Waals surface area contributed by atoms with Crippen LogP contribution in [0.15, 0.2) is 40.9 Å². The summed E-state index contributed by atoms with van der Waals surface area (Å²) in [7, 11) is 0. The molecule has 5 heteroatoms. The van der Waals surface area contributed by atoms with Gasteiger partial charge in [-0.15, -0.1) is 0 Å². The van der Waals surface area contributed by atoms with E-state index in [0.717, 1.165) is 4.47 Å². The van der Waals surface area contributed by atoms with Gasteiger partial charge in [0.15, 0.2) is 5.78 Å². The number of halogens is 3. The molecule has 0 saturated heterocycles. The van der Waals surface area contributed by atoms with Gasteiger partial charge in [-0.3, -0.25) is 4.79 Å². The number of rotatable bonds is 4. The maximum absolute atomic E-state index is 13.8. The Kier molecular flexibility index (Phi) is 4.78. The molecule has 0 saturated carbocycles. The SMILES string of the molecule is CC(=O)c1ccc(Br)cc1OCc1cccc(Cl)c1F. The summed E-state index contributed by atoms with van der Waals surface area (Å²) in [6.45, 7) is 1.46.